The van der Waals surface area contributed by atoms with E-state index in [-0.39, 0.29) is 5.63 Å². The Balaban J connectivity index is 2.12. The molecule has 0 atom stereocenters. The fraction of sp³-hybridized carbons (Fsp3) is 0.190. The topological polar surface area (TPSA) is 52.6 Å². The summed E-state index contributed by atoms with van der Waals surface area (Å²) in [5, 5.41) is 1.88. The quantitative estimate of drug-likeness (QED) is 0.476. The first-order valence-electron chi connectivity index (χ1n) is 8.10. The molecule has 2 aromatic heterocycles. The fourth-order valence-corrected chi connectivity index (χ4v) is 3.34. The van der Waals surface area contributed by atoms with E-state index < -0.39 is 0 Å². The van der Waals surface area contributed by atoms with E-state index in [2.05, 4.69) is 0 Å². The summed E-state index contributed by atoms with van der Waals surface area (Å²) in [6, 6.07) is 9.79. The van der Waals surface area contributed by atoms with Gasteiger partial charge in [0, 0.05) is 16.5 Å². The highest BCUT2D eigenvalue weighted by atomic mass is 16.5. The van der Waals surface area contributed by atoms with Crippen LogP contribution < -0.4 is 10.4 Å². The Morgan fingerprint density at radius 1 is 1.00 bits per heavy atom. The summed E-state index contributed by atoms with van der Waals surface area (Å²) < 4.78 is 16.8. The zero-order chi connectivity index (χ0) is 17.7. The monoisotopic (exact) mass is 334 g/mol. The molecule has 0 fully saturated rings. The summed E-state index contributed by atoms with van der Waals surface area (Å²) in [6.07, 6.45) is 1.76. The Morgan fingerprint density at radius 3 is 2.56 bits per heavy atom. The van der Waals surface area contributed by atoms with E-state index in [0.29, 0.717) is 11.1 Å². The molecule has 0 spiro atoms. The molecule has 0 amide bonds. The molecule has 0 aliphatic carbocycles. The SMILES string of the molecule is COc1cccc(-c2coc3c2c(C)cc2oc(=O)c(C)c(C)c23)c1. The fourth-order valence-electron chi connectivity index (χ4n) is 3.34. The third kappa shape index (κ3) is 2.25. The standard InChI is InChI=1S/C21H18O4/c1-11-8-17-19(12(2)13(3)21(22)25-17)20-18(11)16(10-24-20)14-6-5-7-15(9-14)23-4/h5-10H,1-4H3. The van der Waals surface area contributed by atoms with Crippen LogP contribution in [0.1, 0.15) is 16.7 Å². The van der Waals surface area contributed by atoms with Gasteiger partial charge in [0.2, 0.25) is 0 Å². The Morgan fingerprint density at radius 2 is 1.80 bits per heavy atom. The van der Waals surface area contributed by atoms with Crippen LogP contribution in [0, 0.1) is 20.8 Å². The third-order valence-electron chi connectivity index (χ3n) is 4.83. The van der Waals surface area contributed by atoms with E-state index >= 15 is 0 Å². The van der Waals surface area contributed by atoms with Crippen LogP contribution in [-0.4, -0.2) is 7.11 Å². The Labute approximate surface area is 144 Å². The van der Waals surface area contributed by atoms with Crippen molar-refractivity contribution in [3.05, 3.63) is 63.7 Å². The molecule has 0 saturated carbocycles. The summed E-state index contributed by atoms with van der Waals surface area (Å²) in [5.74, 6) is 0.795. The number of furan rings is 1. The van der Waals surface area contributed by atoms with E-state index in [1.807, 2.05) is 44.2 Å². The number of ether oxygens (including phenoxy) is 1. The van der Waals surface area contributed by atoms with Gasteiger partial charge < -0.3 is 13.6 Å². The van der Waals surface area contributed by atoms with E-state index in [1.54, 1.807) is 20.3 Å². The zero-order valence-electron chi connectivity index (χ0n) is 14.6. The van der Waals surface area contributed by atoms with E-state index in [4.69, 9.17) is 13.6 Å². The van der Waals surface area contributed by atoms with Crippen LogP contribution in [0.5, 0.6) is 5.75 Å². The van der Waals surface area contributed by atoms with E-state index in [1.165, 1.54) is 0 Å². The molecule has 4 nitrogen and oxygen atoms in total. The summed E-state index contributed by atoms with van der Waals surface area (Å²) in [4.78, 5) is 12.0. The van der Waals surface area contributed by atoms with E-state index in [0.717, 1.165) is 44.4 Å². The largest absolute Gasteiger partial charge is 0.497 e. The highest BCUT2D eigenvalue weighted by Gasteiger charge is 2.18. The minimum atomic E-state index is -0.302. The number of aryl methyl sites for hydroxylation is 2. The molecule has 0 bridgehead atoms. The summed E-state index contributed by atoms with van der Waals surface area (Å²) >= 11 is 0. The Kier molecular flexibility index (Phi) is 3.42. The van der Waals surface area contributed by atoms with Gasteiger partial charge in [-0.15, -0.1) is 0 Å². The van der Waals surface area contributed by atoms with Crippen molar-refractivity contribution in [2.75, 3.05) is 7.11 Å². The van der Waals surface area contributed by atoms with Gasteiger partial charge >= 0.3 is 5.63 Å². The zero-order valence-corrected chi connectivity index (χ0v) is 14.6. The van der Waals surface area contributed by atoms with Crippen molar-refractivity contribution in [3.8, 4) is 16.9 Å². The molecule has 0 saturated heterocycles. The molecule has 4 heteroatoms. The average molecular weight is 334 g/mol. The lowest BCUT2D eigenvalue weighted by atomic mass is 9.97. The van der Waals surface area contributed by atoms with E-state index in [9.17, 15) is 4.79 Å². The van der Waals surface area contributed by atoms with Crippen molar-refractivity contribution in [3.63, 3.8) is 0 Å². The summed E-state index contributed by atoms with van der Waals surface area (Å²) in [6.45, 7) is 5.70. The molecule has 0 N–H and O–H groups in total. The minimum Gasteiger partial charge on any atom is -0.497 e. The smallest absolute Gasteiger partial charge is 0.339 e. The van der Waals surface area contributed by atoms with Crippen LogP contribution in [0.25, 0.3) is 33.1 Å². The van der Waals surface area contributed by atoms with Crippen molar-refractivity contribution in [1.82, 2.24) is 0 Å². The maximum atomic E-state index is 12.0. The van der Waals surface area contributed by atoms with Crippen LogP contribution >= 0.6 is 0 Å². The predicted octanol–water partition coefficient (Wildman–Crippen LogP) is 5.14. The number of rotatable bonds is 2. The molecular weight excluding hydrogens is 316 g/mol. The minimum absolute atomic E-state index is 0.302. The number of hydrogen-bond acceptors (Lipinski definition) is 4. The second-order valence-corrected chi connectivity index (χ2v) is 6.29. The first-order valence-corrected chi connectivity index (χ1v) is 8.10. The third-order valence-corrected chi connectivity index (χ3v) is 4.83. The molecule has 0 aliphatic heterocycles. The van der Waals surface area contributed by atoms with Crippen LogP contribution in [0.4, 0.5) is 0 Å². The maximum Gasteiger partial charge on any atom is 0.339 e. The number of benzene rings is 2. The molecule has 0 unspecified atom stereocenters. The molecule has 2 aromatic carbocycles. The lowest BCUT2D eigenvalue weighted by molar-refractivity contribution is 0.415. The average Bonchev–Trinajstić information content (AvgIpc) is 3.05. The lowest BCUT2D eigenvalue weighted by Crippen LogP contribution is -2.05. The van der Waals surface area contributed by atoms with Crippen molar-refractivity contribution in [2.24, 2.45) is 0 Å². The Hall–Kier alpha value is -3.01. The van der Waals surface area contributed by atoms with Gasteiger partial charge in [0.25, 0.3) is 0 Å². The lowest BCUT2D eigenvalue weighted by Gasteiger charge is -2.08. The van der Waals surface area contributed by atoms with Crippen molar-refractivity contribution >= 4 is 21.9 Å². The van der Waals surface area contributed by atoms with Gasteiger partial charge in [-0.25, -0.2) is 4.79 Å². The van der Waals surface area contributed by atoms with Gasteiger partial charge in [0.15, 0.2) is 0 Å². The van der Waals surface area contributed by atoms with Crippen LogP contribution in [0.2, 0.25) is 0 Å². The van der Waals surface area contributed by atoms with Gasteiger partial charge in [-0.1, -0.05) is 12.1 Å². The molecule has 0 radical (unpaired) electrons. The second-order valence-electron chi connectivity index (χ2n) is 6.29. The van der Waals surface area contributed by atoms with Gasteiger partial charge in [-0.2, -0.15) is 0 Å². The van der Waals surface area contributed by atoms with Crippen LogP contribution in [0.3, 0.4) is 0 Å². The number of methoxy groups -OCH3 is 1. The molecule has 4 rings (SSSR count). The molecule has 2 heterocycles. The maximum absolute atomic E-state index is 12.0. The van der Waals surface area contributed by atoms with Crippen molar-refractivity contribution in [2.45, 2.75) is 20.8 Å². The normalized spacial score (nSPS) is 11.4. The molecule has 0 aliphatic rings. The highest BCUT2D eigenvalue weighted by Crippen LogP contribution is 2.39. The van der Waals surface area contributed by atoms with Crippen LogP contribution in [0.15, 0.2) is 50.2 Å². The Bertz CT molecular complexity index is 1180. The predicted molar refractivity (Wildman–Crippen MR) is 98.5 cm³/mol. The molecule has 126 valence electrons. The summed E-state index contributed by atoms with van der Waals surface area (Å²) in [5.41, 5.74) is 5.52. The van der Waals surface area contributed by atoms with Gasteiger partial charge in [-0.3, -0.25) is 0 Å². The second kappa shape index (κ2) is 5.52. The number of fused-ring (bicyclic) bond motifs is 3. The summed E-state index contributed by atoms with van der Waals surface area (Å²) in [7, 11) is 1.65. The van der Waals surface area contributed by atoms with Crippen LogP contribution in [-0.2, 0) is 0 Å². The first kappa shape index (κ1) is 15.5. The first-order chi connectivity index (χ1) is 12.0. The highest BCUT2D eigenvalue weighted by molar-refractivity contribution is 6.11. The van der Waals surface area contributed by atoms with Gasteiger partial charge in [0.1, 0.15) is 16.9 Å². The van der Waals surface area contributed by atoms with Gasteiger partial charge in [-0.05, 0) is 55.7 Å². The molecular formula is C21H18O4. The van der Waals surface area contributed by atoms with Crippen molar-refractivity contribution in [1.29, 1.82) is 0 Å². The number of hydrogen-bond donors (Lipinski definition) is 0. The molecule has 25 heavy (non-hydrogen) atoms. The van der Waals surface area contributed by atoms with Gasteiger partial charge in [0.05, 0.1) is 18.8 Å². The molecule has 4 aromatic rings. The van der Waals surface area contributed by atoms with Crippen molar-refractivity contribution < 1.29 is 13.6 Å².